The minimum absolute atomic E-state index is 0.594. The Morgan fingerprint density at radius 3 is 1.61 bits per heavy atom. The summed E-state index contributed by atoms with van der Waals surface area (Å²) in [7, 11) is 0. The van der Waals surface area contributed by atoms with Gasteiger partial charge in [0.2, 0.25) is 0 Å². The van der Waals surface area contributed by atoms with Crippen LogP contribution in [-0.2, 0) is 0 Å². The third kappa shape index (κ3) is 5.91. The van der Waals surface area contributed by atoms with Crippen LogP contribution < -0.4 is 4.90 Å². The lowest BCUT2D eigenvalue weighted by atomic mass is 10.0. The molecule has 0 atom stereocenters. The van der Waals surface area contributed by atoms with E-state index in [1.54, 1.807) is 0 Å². The average molecular weight is 749 g/mol. The van der Waals surface area contributed by atoms with Crippen molar-refractivity contribution in [3.8, 4) is 45.3 Å². The number of hydrogen-bond donors (Lipinski definition) is 0. The normalized spacial score (nSPS) is 11.5. The van der Waals surface area contributed by atoms with E-state index in [-0.39, 0.29) is 0 Å². The quantitative estimate of drug-likeness (QED) is 0.162. The van der Waals surface area contributed by atoms with Gasteiger partial charge in [-0.05, 0) is 59.7 Å². The molecule has 5 nitrogen and oxygen atoms in total. The van der Waals surface area contributed by atoms with Crippen LogP contribution in [0.3, 0.4) is 0 Å². The van der Waals surface area contributed by atoms with Crippen molar-refractivity contribution in [2.24, 2.45) is 0 Å². The fourth-order valence-electron chi connectivity index (χ4n) is 7.80. The Bertz CT molecular complexity index is 3170. The van der Waals surface area contributed by atoms with Crippen molar-refractivity contribution < 1.29 is 4.42 Å². The van der Waals surface area contributed by atoms with E-state index in [4.69, 9.17) is 19.4 Å². The predicted molar refractivity (Wildman–Crippen MR) is 236 cm³/mol. The van der Waals surface area contributed by atoms with Crippen molar-refractivity contribution in [2.75, 3.05) is 4.90 Å². The van der Waals surface area contributed by atoms with Crippen molar-refractivity contribution >= 4 is 70.5 Å². The molecule has 11 rings (SSSR count). The molecule has 0 aliphatic heterocycles. The fraction of sp³-hybridized carbons (Fsp3) is 0. The highest BCUT2D eigenvalue weighted by Crippen LogP contribution is 2.43. The maximum Gasteiger partial charge on any atom is 0.164 e. The van der Waals surface area contributed by atoms with Crippen LogP contribution >= 0.6 is 11.3 Å². The zero-order chi connectivity index (χ0) is 37.7. The molecule has 8 aromatic carbocycles. The second-order valence-corrected chi connectivity index (χ2v) is 15.1. The molecule has 268 valence electrons. The highest BCUT2D eigenvalue weighted by molar-refractivity contribution is 7.25. The molecule has 0 saturated heterocycles. The first-order valence-corrected chi connectivity index (χ1v) is 19.7. The number of benzene rings is 8. The van der Waals surface area contributed by atoms with Gasteiger partial charge in [-0.15, -0.1) is 11.3 Å². The highest BCUT2D eigenvalue weighted by Gasteiger charge is 2.21. The second-order valence-electron chi connectivity index (χ2n) is 14.0. The van der Waals surface area contributed by atoms with Crippen LogP contribution in [-0.4, -0.2) is 15.0 Å². The van der Waals surface area contributed by atoms with Gasteiger partial charge in [0.05, 0.1) is 0 Å². The van der Waals surface area contributed by atoms with Crippen LogP contribution in [0.25, 0.3) is 87.4 Å². The predicted octanol–water partition coefficient (Wildman–Crippen LogP) is 14.3. The molecule has 3 heterocycles. The van der Waals surface area contributed by atoms with E-state index in [1.807, 2.05) is 84.1 Å². The van der Waals surface area contributed by atoms with Gasteiger partial charge in [0.1, 0.15) is 11.2 Å². The molecular formula is C51H32N4OS. The van der Waals surface area contributed by atoms with Crippen LogP contribution in [0, 0.1) is 0 Å². The fourth-order valence-corrected chi connectivity index (χ4v) is 8.94. The van der Waals surface area contributed by atoms with E-state index < -0.39 is 0 Å². The van der Waals surface area contributed by atoms with Crippen molar-refractivity contribution in [2.45, 2.75) is 0 Å². The summed E-state index contributed by atoms with van der Waals surface area (Å²) < 4.78 is 9.23. The number of hydrogen-bond acceptors (Lipinski definition) is 6. The molecule has 0 saturated carbocycles. The number of aromatic nitrogens is 3. The molecule has 0 amide bonds. The first-order chi connectivity index (χ1) is 28.2. The molecule has 57 heavy (non-hydrogen) atoms. The van der Waals surface area contributed by atoms with Crippen molar-refractivity contribution in [1.29, 1.82) is 0 Å². The maximum atomic E-state index is 6.70. The first kappa shape index (κ1) is 33.0. The van der Waals surface area contributed by atoms with Gasteiger partial charge in [-0.25, -0.2) is 15.0 Å². The molecule has 6 heteroatoms. The number of furan rings is 1. The number of fused-ring (bicyclic) bond motifs is 6. The lowest BCUT2D eigenvalue weighted by Gasteiger charge is -2.26. The Labute approximate surface area is 332 Å². The van der Waals surface area contributed by atoms with Crippen molar-refractivity contribution in [1.82, 2.24) is 15.0 Å². The van der Waals surface area contributed by atoms with E-state index in [1.165, 1.54) is 31.3 Å². The summed E-state index contributed by atoms with van der Waals surface area (Å²) in [5, 5.41) is 4.51. The third-order valence-corrected chi connectivity index (χ3v) is 11.7. The van der Waals surface area contributed by atoms with Gasteiger partial charge in [-0.3, -0.25) is 0 Å². The molecule has 0 unspecified atom stereocenters. The molecule has 0 fully saturated rings. The summed E-state index contributed by atoms with van der Waals surface area (Å²) in [5.74, 6) is 1.84. The highest BCUT2D eigenvalue weighted by atomic mass is 32.1. The van der Waals surface area contributed by atoms with Gasteiger partial charge in [0.25, 0.3) is 0 Å². The third-order valence-electron chi connectivity index (χ3n) is 10.5. The Kier molecular flexibility index (Phi) is 7.93. The van der Waals surface area contributed by atoms with E-state index in [9.17, 15) is 0 Å². The SMILES string of the molecule is c1ccc(-c2ccc(N(c3ccc4c(c3)oc3cccc(-c5nc(-c6ccccc6)nc(-c6ccccc6)n5)c34)c3ccc4c(c3)sc3ccccc34)cc2)cc1. The van der Waals surface area contributed by atoms with Gasteiger partial charge < -0.3 is 9.32 Å². The molecule has 11 aromatic rings. The number of thiophene rings is 1. The van der Waals surface area contributed by atoms with Crippen LogP contribution in [0.1, 0.15) is 0 Å². The van der Waals surface area contributed by atoms with Crippen LogP contribution in [0.15, 0.2) is 199 Å². The number of nitrogens with zero attached hydrogens (tertiary/aromatic N) is 4. The van der Waals surface area contributed by atoms with E-state index in [2.05, 4.69) is 126 Å². The van der Waals surface area contributed by atoms with E-state index >= 15 is 0 Å². The van der Waals surface area contributed by atoms with Gasteiger partial charge >= 0.3 is 0 Å². The molecule has 0 aliphatic carbocycles. The number of anilines is 3. The zero-order valence-corrected chi connectivity index (χ0v) is 31.4. The summed E-state index contributed by atoms with van der Waals surface area (Å²) >= 11 is 1.83. The van der Waals surface area contributed by atoms with Crippen LogP contribution in [0.2, 0.25) is 0 Å². The standard InChI is InChI=1S/C51H32N4OS/c1-4-13-33(14-5-1)34-23-25-37(26-24-34)55(39-27-29-41-40-19-10-11-22-46(40)57-47(41)32-39)38-28-30-42-45(31-38)56-44-21-12-20-43(48(42)44)51-53-49(35-15-6-2-7-16-35)52-50(54-51)36-17-8-3-9-18-36/h1-32H. The Morgan fingerprint density at radius 1 is 0.368 bits per heavy atom. The molecule has 0 bridgehead atoms. The smallest absolute Gasteiger partial charge is 0.164 e. The average Bonchev–Trinajstić information content (AvgIpc) is 3.85. The minimum Gasteiger partial charge on any atom is -0.456 e. The molecule has 3 aromatic heterocycles. The van der Waals surface area contributed by atoms with Gasteiger partial charge in [-0.2, -0.15) is 0 Å². The molecule has 0 aliphatic rings. The molecule has 0 radical (unpaired) electrons. The summed E-state index contributed by atoms with van der Waals surface area (Å²) in [5.41, 5.74) is 9.78. The lowest BCUT2D eigenvalue weighted by Crippen LogP contribution is -2.09. The van der Waals surface area contributed by atoms with Crippen molar-refractivity contribution in [3.63, 3.8) is 0 Å². The zero-order valence-electron chi connectivity index (χ0n) is 30.6. The molecular weight excluding hydrogens is 717 g/mol. The first-order valence-electron chi connectivity index (χ1n) is 18.9. The summed E-state index contributed by atoms with van der Waals surface area (Å²) in [6.45, 7) is 0. The largest absolute Gasteiger partial charge is 0.456 e. The Hall–Kier alpha value is -7.41. The monoisotopic (exact) mass is 748 g/mol. The topological polar surface area (TPSA) is 55.1 Å². The molecule has 0 N–H and O–H groups in total. The second kappa shape index (κ2) is 13.7. The van der Waals surface area contributed by atoms with Gasteiger partial charge in [-0.1, -0.05) is 140 Å². The van der Waals surface area contributed by atoms with Crippen molar-refractivity contribution in [3.05, 3.63) is 194 Å². The van der Waals surface area contributed by atoms with E-state index in [0.29, 0.717) is 17.5 Å². The number of rotatable bonds is 7. The summed E-state index contributed by atoms with van der Waals surface area (Å²) in [6, 6.07) is 67.5. The van der Waals surface area contributed by atoms with Gasteiger partial charge in [0.15, 0.2) is 17.5 Å². The van der Waals surface area contributed by atoms with Crippen LogP contribution in [0.5, 0.6) is 0 Å². The van der Waals surface area contributed by atoms with Crippen LogP contribution in [0.4, 0.5) is 17.1 Å². The van der Waals surface area contributed by atoms with Gasteiger partial charge in [0, 0.05) is 70.8 Å². The maximum absolute atomic E-state index is 6.70. The van der Waals surface area contributed by atoms with E-state index in [0.717, 1.165) is 55.7 Å². The summed E-state index contributed by atoms with van der Waals surface area (Å²) in [4.78, 5) is 17.4. The Morgan fingerprint density at radius 2 is 0.912 bits per heavy atom. The summed E-state index contributed by atoms with van der Waals surface area (Å²) in [6.07, 6.45) is 0. The lowest BCUT2D eigenvalue weighted by molar-refractivity contribution is 0.669. The molecule has 0 spiro atoms. The minimum atomic E-state index is 0.594. The Balaban J connectivity index is 1.07.